The molecule has 0 aliphatic carbocycles. The van der Waals surface area contributed by atoms with Crippen molar-refractivity contribution < 1.29 is 14.7 Å². The Morgan fingerprint density at radius 3 is 2.24 bits per heavy atom. The van der Waals surface area contributed by atoms with Crippen LogP contribution in [-0.2, 0) is 9.59 Å². The number of hydrogen-bond acceptors (Lipinski definition) is 3. The van der Waals surface area contributed by atoms with Crippen LogP contribution in [0.1, 0.15) is 47.0 Å². The summed E-state index contributed by atoms with van der Waals surface area (Å²) in [5, 5.41) is 11.4. The van der Waals surface area contributed by atoms with Crippen molar-refractivity contribution in [1.29, 1.82) is 0 Å². The summed E-state index contributed by atoms with van der Waals surface area (Å²) in [5.74, 6) is -1.29. The predicted octanol–water partition coefficient (Wildman–Crippen LogP) is 1.12. The van der Waals surface area contributed by atoms with Crippen LogP contribution in [0.15, 0.2) is 0 Å². The van der Waals surface area contributed by atoms with Crippen LogP contribution in [-0.4, -0.2) is 29.1 Å². The Balaban J connectivity index is 4.29. The van der Waals surface area contributed by atoms with Gasteiger partial charge in [0.05, 0.1) is 0 Å². The second kappa shape index (κ2) is 6.59. The lowest BCUT2D eigenvalue weighted by Crippen LogP contribution is -2.45. The summed E-state index contributed by atoms with van der Waals surface area (Å²) in [6.07, 6.45) is 1.30. The van der Waals surface area contributed by atoms with Crippen LogP contribution in [0.5, 0.6) is 0 Å². The largest absolute Gasteiger partial charge is 0.480 e. The summed E-state index contributed by atoms with van der Waals surface area (Å²) in [4.78, 5) is 22.5. The van der Waals surface area contributed by atoms with E-state index < -0.39 is 12.0 Å². The first-order valence-electron chi connectivity index (χ1n) is 5.96. The monoisotopic (exact) mass is 244 g/mol. The molecule has 0 aliphatic heterocycles. The van der Waals surface area contributed by atoms with E-state index in [0.29, 0.717) is 12.8 Å². The summed E-state index contributed by atoms with van der Waals surface area (Å²) >= 11 is 0. The number of aliphatic carboxylic acids is 1. The Morgan fingerprint density at radius 1 is 1.35 bits per heavy atom. The molecule has 0 aromatic carbocycles. The zero-order valence-electron chi connectivity index (χ0n) is 11.1. The van der Waals surface area contributed by atoms with Crippen molar-refractivity contribution >= 4 is 11.9 Å². The molecule has 0 bridgehead atoms. The van der Waals surface area contributed by atoms with Crippen LogP contribution < -0.4 is 11.1 Å². The fourth-order valence-corrected chi connectivity index (χ4v) is 1.31. The van der Waals surface area contributed by atoms with Crippen molar-refractivity contribution in [3.63, 3.8) is 0 Å². The Labute approximate surface area is 103 Å². The van der Waals surface area contributed by atoms with E-state index in [1.54, 1.807) is 0 Å². The van der Waals surface area contributed by atoms with Gasteiger partial charge in [0.15, 0.2) is 0 Å². The van der Waals surface area contributed by atoms with Gasteiger partial charge in [0.25, 0.3) is 0 Å². The van der Waals surface area contributed by atoms with Gasteiger partial charge in [-0.2, -0.15) is 0 Å². The summed E-state index contributed by atoms with van der Waals surface area (Å²) in [6, 6.07) is -1.08. The highest BCUT2D eigenvalue weighted by atomic mass is 16.4. The molecule has 2 atom stereocenters. The average Bonchev–Trinajstić information content (AvgIpc) is 2.15. The lowest BCUT2D eigenvalue weighted by atomic mass is 9.85. The van der Waals surface area contributed by atoms with Crippen LogP contribution in [0.25, 0.3) is 0 Å². The molecule has 1 amide bonds. The first kappa shape index (κ1) is 15.9. The SMILES string of the molecule is CCC[C@@H](NC(=O)CC(N)C(C)(C)C)C(=O)O. The van der Waals surface area contributed by atoms with Crippen molar-refractivity contribution in [2.45, 2.75) is 59.0 Å². The number of carbonyl (C=O) groups excluding carboxylic acids is 1. The first-order valence-corrected chi connectivity index (χ1v) is 5.96. The Kier molecular flexibility index (Phi) is 6.16. The summed E-state index contributed by atoms with van der Waals surface area (Å²) in [6.45, 7) is 7.73. The molecular weight excluding hydrogens is 220 g/mol. The molecule has 0 rings (SSSR count). The van der Waals surface area contributed by atoms with Gasteiger partial charge in [-0.3, -0.25) is 4.79 Å². The standard InChI is InChI=1S/C12H24N2O3/c1-5-6-8(11(16)17)14-10(15)7-9(13)12(2,3)4/h8-9H,5-7,13H2,1-4H3,(H,14,15)(H,16,17)/t8-,9?/m1/s1. The van der Waals surface area contributed by atoms with E-state index in [1.165, 1.54) is 0 Å². The van der Waals surface area contributed by atoms with Crippen LogP contribution in [0.4, 0.5) is 0 Å². The zero-order valence-corrected chi connectivity index (χ0v) is 11.1. The minimum Gasteiger partial charge on any atom is -0.480 e. The highest BCUT2D eigenvalue weighted by Gasteiger charge is 2.25. The normalized spacial score (nSPS) is 15.1. The van der Waals surface area contributed by atoms with Gasteiger partial charge in [-0.1, -0.05) is 34.1 Å². The fraction of sp³-hybridized carbons (Fsp3) is 0.833. The molecule has 4 N–H and O–H groups in total. The Bertz CT molecular complexity index is 271. The maximum atomic E-state index is 11.6. The van der Waals surface area contributed by atoms with Crippen LogP contribution in [0.2, 0.25) is 0 Å². The smallest absolute Gasteiger partial charge is 0.326 e. The van der Waals surface area contributed by atoms with Crippen LogP contribution in [0.3, 0.4) is 0 Å². The third kappa shape index (κ3) is 6.26. The number of nitrogens with two attached hydrogens (primary N) is 1. The lowest BCUT2D eigenvalue weighted by molar-refractivity contribution is -0.142. The minimum absolute atomic E-state index is 0.150. The molecule has 100 valence electrons. The van der Waals surface area contributed by atoms with Gasteiger partial charge in [0.2, 0.25) is 5.91 Å². The fourth-order valence-electron chi connectivity index (χ4n) is 1.31. The van der Waals surface area contributed by atoms with E-state index in [4.69, 9.17) is 10.8 Å². The molecule has 5 heteroatoms. The van der Waals surface area contributed by atoms with Gasteiger partial charge in [-0.25, -0.2) is 4.79 Å². The van der Waals surface area contributed by atoms with Gasteiger partial charge in [0, 0.05) is 12.5 Å². The maximum absolute atomic E-state index is 11.6. The highest BCUT2D eigenvalue weighted by molar-refractivity contribution is 5.83. The molecule has 0 radical (unpaired) electrons. The first-order chi connectivity index (χ1) is 7.68. The summed E-state index contributed by atoms with van der Waals surface area (Å²) in [5.41, 5.74) is 5.70. The van der Waals surface area contributed by atoms with Gasteiger partial charge >= 0.3 is 5.97 Å². The number of carboxylic acid groups (broad SMARTS) is 1. The molecule has 0 saturated carbocycles. The number of nitrogens with one attached hydrogen (secondary N) is 1. The quantitative estimate of drug-likeness (QED) is 0.652. The molecule has 0 aromatic rings. The molecule has 5 nitrogen and oxygen atoms in total. The molecule has 17 heavy (non-hydrogen) atoms. The van der Waals surface area contributed by atoms with Gasteiger partial charge < -0.3 is 16.2 Å². The van der Waals surface area contributed by atoms with Crippen molar-refractivity contribution in [2.24, 2.45) is 11.1 Å². The molecule has 1 unspecified atom stereocenters. The molecule has 0 fully saturated rings. The van der Waals surface area contributed by atoms with E-state index >= 15 is 0 Å². The van der Waals surface area contributed by atoms with Crippen molar-refractivity contribution in [3.05, 3.63) is 0 Å². The Morgan fingerprint density at radius 2 is 1.88 bits per heavy atom. The van der Waals surface area contributed by atoms with Gasteiger partial charge in [0.1, 0.15) is 6.04 Å². The maximum Gasteiger partial charge on any atom is 0.326 e. The van der Waals surface area contributed by atoms with Crippen molar-refractivity contribution in [3.8, 4) is 0 Å². The number of rotatable bonds is 6. The molecular formula is C12H24N2O3. The van der Waals surface area contributed by atoms with Crippen molar-refractivity contribution in [2.75, 3.05) is 0 Å². The van der Waals surface area contributed by atoms with E-state index in [1.807, 2.05) is 27.7 Å². The van der Waals surface area contributed by atoms with Crippen molar-refractivity contribution in [1.82, 2.24) is 5.32 Å². The van der Waals surface area contributed by atoms with Gasteiger partial charge in [-0.15, -0.1) is 0 Å². The predicted molar refractivity (Wildman–Crippen MR) is 66.5 cm³/mol. The lowest BCUT2D eigenvalue weighted by Gasteiger charge is -2.27. The number of hydrogen-bond donors (Lipinski definition) is 3. The van der Waals surface area contributed by atoms with Crippen LogP contribution in [0, 0.1) is 5.41 Å². The second-order valence-electron chi connectivity index (χ2n) is 5.42. The molecule has 0 aliphatic rings. The summed E-state index contributed by atoms with van der Waals surface area (Å²) < 4.78 is 0. The Hall–Kier alpha value is -1.10. The zero-order chi connectivity index (χ0) is 13.6. The van der Waals surface area contributed by atoms with E-state index in [0.717, 1.165) is 0 Å². The van der Waals surface area contributed by atoms with E-state index in [-0.39, 0.29) is 23.8 Å². The van der Waals surface area contributed by atoms with E-state index in [9.17, 15) is 9.59 Å². The third-order valence-electron chi connectivity index (χ3n) is 2.73. The summed E-state index contributed by atoms with van der Waals surface area (Å²) in [7, 11) is 0. The van der Waals surface area contributed by atoms with E-state index in [2.05, 4.69) is 5.32 Å². The molecule has 0 heterocycles. The average molecular weight is 244 g/mol. The topological polar surface area (TPSA) is 92.4 Å². The van der Waals surface area contributed by atoms with Crippen LogP contribution >= 0.6 is 0 Å². The second-order valence-corrected chi connectivity index (χ2v) is 5.42. The molecule has 0 aromatic heterocycles. The molecule has 0 spiro atoms. The van der Waals surface area contributed by atoms with Gasteiger partial charge in [-0.05, 0) is 11.8 Å². The molecule has 0 saturated heterocycles. The minimum atomic E-state index is -0.996. The highest BCUT2D eigenvalue weighted by Crippen LogP contribution is 2.19. The number of amides is 1. The third-order valence-corrected chi connectivity index (χ3v) is 2.73. The number of carbonyl (C=O) groups is 2. The number of carboxylic acids is 1.